The lowest BCUT2D eigenvalue weighted by atomic mass is 9.84. The smallest absolute Gasteiger partial charge is 0.335 e. The van der Waals surface area contributed by atoms with Crippen molar-refractivity contribution < 1.29 is 9.90 Å². The van der Waals surface area contributed by atoms with Crippen molar-refractivity contribution in [2.45, 2.75) is 25.2 Å². The summed E-state index contributed by atoms with van der Waals surface area (Å²) in [6.07, 6.45) is 5.06. The van der Waals surface area contributed by atoms with Gasteiger partial charge in [0.15, 0.2) is 0 Å². The van der Waals surface area contributed by atoms with E-state index in [0.717, 1.165) is 18.4 Å². The molecule has 0 bridgehead atoms. The van der Waals surface area contributed by atoms with Crippen LogP contribution in [0.1, 0.15) is 35.4 Å². The third-order valence-corrected chi connectivity index (χ3v) is 3.49. The molecule has 0 radical (unpaired) electrons. The fourth-order valence-corrected chi connectivity index (χ4v) is 2.83. The van der Waals surface area contributed by atoms with Crippen molar-refractivity contribution in [1.29, 1.82) is 0 Å². The van der Waals surface area contributed by atoms with Crippen molar-refractivity contribution in [2.24, 2.45) is 0 Å². The Bertz CT molecular complexity index is 471. The van der Waals surface area contributed by atoms with Gasteiger partial charge in [-0.3, -0.25) is 0 Å². The Morgan fingerprint density at radius 2 is 2.27 bits per heavy atom. The highest BCUT2D eigenvalue weighted by Crippen LogP contribution is 2.43. The van der Waals surface area contributed by atoms with Gasteiger partial charge in [0, 0.05) is 0 Å². The average Bonchev–Trinajstić information content (AvgIpc) is 2.64. The molecular weight excluding hydrogens is 188 g/mol. The van der Waals surface area contributed by atoms with Gasteiger partial charge >= 0.3 is 5.97 Å². The highest BCUT2D eigenvalue weighted by molar-refractivity contribution is 6.16. The summed E-state index contributed by atoms with van der Waals surface area (Å²) in [7, 11) is 0. The van der Waals surface area contributed by atoms with Gasteiger partial charge in [-0.25, -0.2) is 4.79 Å². The summed E-state index contributed by atoms with van der Waals surface area (Å²) in [5.41, 5.74) is 4.10. The summed E-state index contributed by atoms with van der Waals surface area (Å²) in [5.74, 6) is -0.229. The molecule has 2 aliphatic rings. The molecule has 0 saturated carbocycles. The van der Waals surface area contributed by atoms with E-state index in [1.54, 1.807) is 0 Å². The van der Waals surface area contributed by atoms with Crippen LogP contribution >= 0.6 is 0 Å². The van der Waals surface area contributed by atoms with Gasteiger partial charge in [0.05, 0.1) is 5.57 Å². The van der Waals surface area contributed by atoms with E-state index in [1.807, 2.05) is 18.2 Å². The minimum absolute atomic E-state index is 0.491. The van der Waals surface area contributed by atoms with E-state index in [4.69, 9.17) is 5.11 Å². The van der Waals surface area contributed by atoms with Crippen LogP contribution in [0.4, 0.5) is 0 Å². The number of aliphatic carboxylic acids is 1. The molecular formula is C13H12O2. The molecule has 0 heterocycles. The maximum atomic E-state index is 11.1. The summed E-state index contributed by atoms with van der Waals surface area (Å²) in [5, 5.41) is 9.11. The fourth-order valence-electron chi connectivity index (χ4n) is 2.83. The van der Waals surface area contributed by atoms with Crippen LogP contribution in [-0.4, -0.2) is 11.1 Å². The summed E-state index contributed by atoms with van der Waals surface area (Å²) in [4.78, 5) is 11.1. The van der Waals surface area contributed by atoms with Gasteiger partial charge in [-0.1, -0.05) is 24.3 Å². The molecule has 1 unspecified atom stereocenters. The van der Waals surface area contributed by atoms with Crippen LogP contribution in [0.3, 0.4) is 0 Å². The van der Waals surface area contributed by atoms with E-state index < -0.39 is 5.97 Å². The molecule has 0 fully saturated rings. The third kappa shape index (κ3) is 1.14. The Hall–Kier alpha value is -1.57. The quantitative estimate of drug-likeness (QED) is 0.756. The predicted octanol–water partition coefficient (Wildman–Crippen LogP) is 2.59. The largest absolute Gasteiger partial charge is 0.478 e. The Balaban J connectivity index is 2.23. The number of carboxylic acids is 1. The molecule has 76 valence electrons. The van der Waals surface area contributed by atoms with Crippen LogP contribution in [0.15, 0.2) is 24.3 Å². The lowest BCUT2D eigenvalue weighted by molar-refractivity contribution is -0.130. The molecule has 3 rings (SSSR count). The summed E-state index contributed by atoms with van der Waals surface area (Å²) >= 11 is 0. The normalized spacial score (nSPS) is 22.1. The number of hydrogen-bond acceptors (Lipinski definition) is 1. The maximum Gasteiger partial charge on any atom is 0.335 e. The molecule has 2 aliphatic carbocycles. The minimum Gasteiger partial charge on any atom is -0.478 e. The van der Waals surface area contributed by atoms with E-state index in [1.165, 1.54) is 17.5 Å². The molecule has 1 N–H and O–H groups in total. The van der Waals surface area contributed by atoms with Crippen LogP contribution in [-0.2, 0) is 11.2 Å². The first kappa shape index (κ1) is 8.72. The Morgan fingerprint density at radius 3 is 3.07 bits per heavy atom. The zero-order chi connectivity index (χ0) is 10.4. The molecule has 2 heteroatoms. The van der Waals surface area contributed by atoms with Crippen LogP contribution in [0.2, 0.25) is 0 Å². The molecule has 0 amide bonds. The number of benzene rings is 1. The molecule has 0 spiro atoms. The van der Waals surface area contributed by atoms with Crippen LogP contribution < -0.4 is 0 Å². The second-order valence-corrected chi connectivity index (χ2v) is 4.27. The number of carboxylic acid groups (broad SMARTS) is 1. The van der Waals surface area contributed by atoms with Crippen molar-refractivity contribution in [3.63, 3.8) is 0 Å². The molecule has 2 nitrogen and oxygen atoms in total. The van der Waals surface area contributed by atoms with Gasteiger partial charge in [0.2, 0.25) is 0 Å². The third-order valence-electron chi connectivity index (χ3n) is 3.49. The molecule has 1 atom stereocenters. The first-order chi connectivity index (χ1) is 7.27. The lowest BCUT2D eigenvalue weighted by Crippen LogP contribution is -2.09. The molecule has 1 aromatic rings. The first-order valence-electron chi connectivity index (χ1n) is 5.33. The number of allylic oxidation sites excluding steroid dienone is 1. The van der Waals surface area contributed by atoms with Crippen molar-refractivity contribution in [2.75, 3.05) is 0 Å². The minimum atomic E-state index is -0.797. The van der Waals surface area contributed by atoms with Gasteiger partial charge in [-0.2, -0.15) is 0 Å². The standard InChI is InChI=1S/C13H12O2/c14-13(15)11-7-6-9-5-4-8-2-1-3-10(11)12(8)9/h1-3,7,9H,4-6H2,(H,14,15). The fraction of sp³-hybridized carbons (Fsp3) is 0.308. The van der Waals surface area contributed by atoms with E-state index in [0.29, 0.717) is 11.5 Å². The number of hydrogen-bond donors (Lipinski definition) is 1. The van der Waals surface area contributed by atoms with Gasteiger partial charge < -0.3 is 5.11 Å². The number of aryl methyl sites for hydroxylation is 1. The Labute approximate surface area is 88.2 Å². The predicted molar refractivity (Wildman–Crippen MR) is 57.7 cm³/mol. The van der Waals surface area contributed by atoms with E-state index in [2.05, 4.69) is 6.07 Å². The SMILES string of the molecule is O=C(O)C1=CCC2CCc3cccc1c32. The van der Waals surface area contributed by atoms with E-state index in [-0.39, 0.29) is 0 Å². The van der Waals surface area contributed by atoms with Gasteiger partial charge in [0.1, 0.15) is 0 Å². The number of carbonyl (C=O) groups is 1. The van der Waals surface area contributed by atoms with E-state index >= 15 is 0 Å². The van der Waals surface area contributed by atoms with E-state index in [9.17, 15) is 4.79 Å². The van der Waals surface area contributed by atoms with Crippen molar-refractivity contribution in [3.8, 4) is 0 Å². The van der Waals surface area contributed by atoms with Crippen molar-refractivity contribution in [1.82, 2.24) is 0 Å². The van der Waals surface area contributed by atoms with Gasteiger partial charge in [-0.05, 0) is 41.9 Å². The second kappa shape index (κ2) is 2.96. The van der Waals surface area contributed by atoms with Crippen molar-refractivity contribution in [3.05, 3.63) is 41.0 Å². The van der Waals surface area contributed by atoms with Crippen LogP contribution in [0.5, 0.6) is 0 Å². The zero-order valence-corrected chi connectivity index (χ0v) is 8.36. The first-order valence-corrected chi connectivity index (χ1v) is 5.33. The van der Waals surface area contributed by atoms with Gasteiger partial charge in [0.25, 0.3) is 0 Å². The average molecular weight is 200 g/mol. The molecule has 1 aromatic carbocycles. The molecule has 0 saturated heterocycles. The summed E-state index contributed by atoms with van der Waals surface area (Å²) < 4.78 is 0. The molecule has 0 aromatic heterocycles. The highest BCUT2D eigenvalue weighted by Gasteiger charge is 2.30. The lowest BCUT2D eigenvalue weighted by Gasteiger charge is -2.20. The second-order valence-electron chi connectivity index (χ2n) is 4.27. The Kier molecular flexibility index (Phi) is 1.72. The number of rotatable bonds is 1. The maximum absolute atomic E-state index is 11.1. The van der Waals surface area contributed by atoms with Crippen LogP contribution in [0, 0.1) is 0 Å². The monoisotopic (exact) mass is 200 g/mol. The van der Waals surface area contributed by atoms with Gasteiger partial charge in [-0.15, -0.1) is 0 Å². The topological polar surface area (TPSA) is 37.3 Å². The van der Waals surface area contributed by atoms with Crippen molar-refractivity contribution >= 4 is 11.5 Å². The molecule has 15 heavy (non-hydrogen) atoms. The zero-order valence-electron chi connectivity index (χ0n) is 8.36. The highest BCUT2D eigenvalue weighted by atomic mass is 16.4. The summed E-state index contributed by atoms with van der Waals surface area (Å²) in [6.45, 7) is 0. The Morgan fingerprint density at radius 1 is 1.40 bits per heavy atom. The summed E-state index contributed by atoms with van der Waals surface area (Å²) in [6, 6.07) is 6.04. The van der Waals surface area contributed by atoms with Crippen LogP contribution in [0.25, 0.3) is 5.57 Å². The molecule has 0 aliphatic heterocycles.